The largest absolute Gasteiger partial charge is 0.508 e. The number of rotatable bonds is 4. The number of benzene rings is 2. The summed E-state index contributed by atoms with van der Waals surface area (Å²) in [7, 11) is 0. The molecule has 0 amide bonds. The summed E-state index contributed by atoms with van der Waals surface area (Å²) in [6.07, 6.45) is 0.0533. The van der Waals surface area contributed by atoms with Crippen LogP contribution in [0, 0.1) is 6.92 Å². The first kappa shape index (κ1) is 13.6. The summed E-state index contributed by atoms with van der Waals surface area (Å²) in [5.74, 6) is 1.16. The summed E-state index contributed by atoms with van der Waals surface area (Å²) in [5.41, 5.74) is 2.89. The average molecular weight is 282 g/mol. The Labute approximate surface area is 123 Å². The zero-order valence-electron chi connectivity index (χ0n) is 11.9. The van der Waals surface area contributed by atoms with Crippen LogP contribution in [0.4, 0.5) is 0 Å². The summed E-state index contributed by atoms with van der Waals surface area (Å²) < 4.78 is 2.12. The highest BCUT2D eigenvalue weighted by atomic mass is 16.3. The molecule has 4 heteroatoms. The number of hydrogen-bond donors (Lipinski definition) is 2. The second kappa shape index (κ2) is 5.58. The Hall–Kier alpha value is -2.33. The molecule has 1 atom stereocenters. The molecule has 21 heavy (non-hydrogen) atoms. The van der Waals surface area contributed by atoms with Crippen LogP contribution in [0.3, 0.4) is 0 Å². The average Bonchev–Trinajstić information content (AvgIpc) is 2.81. The number of nitrogens with zero attached hydrogens (tertiary/aromatic N) is 2. The van der Waals surface area contributed by atoms with E-state index >= 15 is 0 Å². The Morgan fingerprint density at radius 3 is 2.57 bits per heavy atom. The van der Waals surface area contributed by atoms with Gasteiger partial charge in [-0.3, -0.25) is 0 Å². The number of aromatic hydroxyl groups is 1. The third kappa shape index (κ3) is 2.76. The second-order valence-electron chi connectivity index (χ2n) is 5.20. The highest BCUT2D eigenvalue weighted by molar-refractivity contribution is 5.75. The van der Waals surface area contributed by atoms with Gasteiger partial charge >= 0.3 is 0 Å². The van der Waals surface area contributed by atoms with Crippen LogP contribution in [0.25, 0.3) is 11.0 Å². The van der Waals surface area contributed by atoms with Gasteiger partial charge < -0.3 is 14.8 Å². The molecule has 1 heterocycles. The van der Waals surface area contributed by atoms with E-state index in [1.165, 1.54) is 0 Å². The number of aliphatic hydroxyl groups excluding tert-OH is 1. The van der Waals surface area contributed by atoms with Gasteiger partial charge in [0.15, 0.2) is 0 Å². The van der Waals surface area contributed by atoms with Crippen LogP contribution in [0.5, 0.6) is 5.75 Å². The topological polar surface area (TPSA) is 58.3 Å². The van der Waals surface area contributed by atoms with Crippen molar-refractivity contribution in [2.45, 2.75) is 26.0 Å². The van der Waals surface area contributed by atoms with E-state index in [-0.39, 0.29) is 5.75 Å². The maximum absolute atomic E-state index is 10.3. The molecule has 0 aliphatic carbocycles. The van der Waals surface area contributed by atoms with Crippen LogP contribution in [-0.4, -0.2) is 19.8 Å². The fourth-order valence-electron chi connectivity index (χ4n) is 2.59. The highest BCUT2D eigenvalue weighted by Crippen LogP contribution is 2.22. The third-order valence-electron chi connectivity index (χ3n) is 3.75. The summed E-state index contributed by atoms with van der Waals surface area (Å²) in [6, 6.07) is 14.7. The van der Waals surface area contributed by atoms with Crippen LogP contribution in [0.15, 0.2) is 48.5 Å². The molecule has 108 valence electrons. The predicted octanol–water partition coefficient (Wildman–Crippen LogP) is 3.17. The van der Waals surface area contributed by atoms with Gasteiger partial charge in [-0.2, -0.15) is 0 Å². The SMILES string of the molecule is Cc1nc2ccccc2n1CCC(O)c1ccc(O)cc1. The van der Waals surface area contributed by atoms with Crippen LogP contribution in [0.2, 0.25) is 0 Å². The van der Waals surface area contributed by atoms with E-state index in [0.29, 0.717) is 13.0 Å². The first-order valence-electron chi connectivity index (χ1n) is 7.04. The fraction of sp³-hybridized carbons (Fsp3) is 0.235. The van der Waals surface area contributed by atoms with Gasteiger partial charge in [-0.15, -0.1) is 0 Å². The van der Waals surface area contributed by atoms with Crippen LogP contribution in [-0.2, 0) is 6.54 Å². The summed E-state index contributed by atoms with van der Waals surface area (Å²) in [5, 5.41) is 19.5. The van der Waals surface area contributed by atoms with Gasteiger partial charge in [-0.1, -0.05) is 24.3 Å². The van der Waals surface area contributed by atoms with Crippen molar-refractivity contribution in [1.82, 2.24) is 9.55 Å². The van der Waals surface area contributed by atoms with Gasteiger partial charge in [-0.25, -0.2) is 4.98 Å². The number of fused-ring (bicyclic) bond motifs is 1. The van der Waals surface area contributed by atoms with E-state index in [1.807, 2.05) is 31.2 Å². The number of phenols is 1. The molecule has 0 bridgehead atoms. The van der Waals surface area contributed by atoms with Crippen LogP contribution >= 0.6 is 0 Å². The molecule has 0 aliphatic rings. The number of phenolic OH excluding ortho intramolecular Hbond substituents is 1. The summed E-state index contributed by atoms with van der Waals surface area (Å²) in [4.78, 5) is 4.52. The van der Waals surface area contributed by atoms with Crippen molar-refractivity contribution in [3.05, 3.63) is 59.9 Å². The molecule has 4 nitrogen and oxygen atoms in total. The molecule has 0 spiro atoms. The predicted molar refractivity (Wildman–Crippen MR) is 82.2 cm³/mol. The van der Waals surface area contributed by atoms with Crippen molar-refractivity contribution < 1.29 is 10.2 Å². The highest BCUT2D eigenvalue weighted by Gasteiger charge is 2.11. The first-order valence-corrected chi connectivity index (χ1v) is 7.04. The fourth-order valence-corrected chi connectivity index (χ4v) is 2.59. The van der Waals surface area contributed by atoms with Crippen molar-refractivity contribution >= 4 is 11.0 Å². The Balaban J connectivity index is 1.77. The lowest BCUT2D eigenvalue weighted by atomic mass is 10.1. The van der Waals surface area contributed by atoms with Crippen LogP contribution < -0.4 is 0 Å². The minimum atomic E-state index is -0.550. The molecule has 3 aromatic rings. The maximum atomic E-state index is 10.3. The van der Waals surface area contributed by atoms with Crippen molar-refractivity contribution in [2.24, 2.45) is 0 Å². The third-order valence-corrected chi connectivity index (χ3v) is 3.75. The summed E-state index contributed by atoms with van der Waals surface area (Å²) >= 11 is 0. The normalized spacial score (nSPS) is 12.7. The van der Waals surface area contributed by atoms with Gasteiger partial charge in [0.05, 0.1) is 17.1 Å². The van der Waals surface area contributed by atoms with Crippen molar-refractivity contribution in [2.75, 3.05) is 0 Å². The number of aromatic nitrogens is 2. The van der Waals surface area contributed by atoms with Gasteiger partial charge in [0.1, 0.15) is 11.6 Å². The van der Waals surface area contributed by atoms with Crippen molar-refractivity contribution in [3.63, 3.8) is 0 Å². The van der Waals surface area contributed by atoms with Gasteiger partial charge in [0.25, 0.3) is 0 Å². The molecule has 0 saturated heterocycles. The monoisotopic (exact) mass is 282 g/mol. The molecule has 1 unspecified atom stereocenters. The van der Waals surface area contributed by atoms with E-state index in [2.05, 4.69) is 9.55 Å². The standard InChI is InChI=1S/C17H18N2O2/c1-12-18-15-4-2-3-5-16(15)19(12)11-10-17(21)13-6-8-14(20)9-7-13/h2-9,17,20-21H,10-11H2,1H3. The lowest BCUT2D eigenvalue weighted by molar-refractivity contribution is 0.161. The number of aliphatic hydroxyl groups is 1. The number of para-hydroxylation sites is 2. The minimum Gasteiger partial charge on any atom is -0.508 e. The molecular weight excluding hydrogens is 264 g/mol. The minimum absolute atomic E-state index is 0.211. The van der Waals surface area contributed by atoms with E-state index in [1.54, 1.807) is 24.3 Å². The van der Waals surface area contributed by atoms with Crippen molar-refractivity contribution in [3.8, 4) is 5.75 Å². The molecule has 2 N–H and O–H groups in total. The number of aryl methyl sites for hydroxylation is 2. The molecule has 0 saturated carbocycles. The Kier molecular flexibility index (Phi) is 3.62. The quantitative estimate of drug-likeness (QED) is 0.772. The zero-order chi connectivity index (χ0) is 14.8. The molecule has 0 radical (unpaired) electrons. The van der Waals surface area contributed by atoms with E-state index in [9.17, 15) is 10.2 Å². The maximum Gasteiger partial charge on any atom is 0.115 e. The van der Waals surface area contributed by atoms with Gasteiger partial charge in [0, 0.05) is 6.54 Å². The molecule has 3 rings (SSSR count). The smallest absolute Gasteiger partial charge is 0.115 e. The summed E-state index contributed by atoms with van der Waals surface area (Å²) in [6.45, 7) is 2.68. The van der Waals surface area contributed by atoms with E-state index in [4.69, 9.17) is 0 Å². The molecule has 2 aromatic carbocycles. The zero-order valence-corrected chi connectivity index (χ0v) is 11.9. The second-order valence-corrected chi connectivity index (χ2v) is 5.20. The number of imidazole rings is 1. The molecule has 0 aliphatic heterocycles. The lowest BCUT2D eigenvalue weighted by Crippen LogP contribution is -2.06. The van der Waals surface area contributed by atoms with E-state index in [0.717, 1.165) is 22.4 Å². The van der Waals surface area contributed by atoms with Crippen LogP contribution in [0.1, 0.15) is 23.9 Å². The first-order chi connectivity index (χ1) is 10.1. The Morgan fingerprint density at radius 2 is 1.81 bits per heavy atom. The van der Waals surface area contributed by atoms with Gasteiger partial charge in [-0.05, 0) is 43.2 Å². The Morgan fingerprint density at radius 1 is 1.10 bits per heavy atom. The molecular formula is C17H18N2O2. The van der Waals surface area contributed by atoms with E-state index < -0.39 is 6.10 Å². The van der Waals surface area contributed by atoms with Crippen molar-refractivity contribution in [1.29, 1.82) is 0 Å². The molecule has 1 aromatic heterocycles. The Bertz CT molecular complexity index is 747. The van der Waals surface area contributed by atoms with Gasteiger partial charge in [0.2, 0.25) is 0 Å². The number of hydrogen-bond acceptors (Lipinski definition) is 3. The lowest BCUT2D eigenvalue weighted by Gasteiger charge is -2.13. The molecule has 0 fully saturated rings.